The molecule has 4 unspecified atom stereocenters. The van der Waals surface area contributed by atoms with Gasteiger partial charge in [-0.25, -0.2) is 4.79 Å². The molecule has 4 amide bonds. The third-order valence-corrected chi connectivity index (χ3v) is 6.03. The summed E-state index contributed by atoms with van der Waals surface area (Å²) in [6.45, 7) is 0.473. The van der Waals surface area contributed by atoms with E-state index in [-0.39, 0.29) is 25.5 Å². The molecule has 0 aromatic carbocycles. The number of aliphatic imine (C=N–C) groups is 1. The van der Waals surface area contributed by atoms with Gasteiger partial charge in [-0.1, -0.05) is 0 Å². The van der Waals surface area contributed by atoms with Crippen LogP contribution in [0.5, 0.6) is 0 Å². The SMILES string of the molecule is CSCCC(N)C(=O)NC(CCCN=C(N)N)C(=O)N1CCCC1C(=O)NC(CC(N)=O)C(=O)O. The fourth-order valence-electron chi connectivity index (χ4n) is 3.59. The summed E-state index contributed by atoms with van der Waals surface area (Å²) in [5, 5.41) is 14.2. The van der Waals surface area contributed by atoms with Crippen molar-refractivity contribution in [2.75, 3.05) is 25.1 Å². The van der Waals surface area contributed by atoms with Crippen LogP contribution in [-0.4, -0.2) is 94.8 Å². The maximum absolute atomic E-state index is 13.4. The Hall–Kier alpha value is -3.07. The molecule has 35 heavy (non-hydrogen) atoms. The summed E-state index contributed by atoms with van der Waals surface area (Å²) < 4.78 is 0. The largest absolute Gasteiger partial charge is 0.480 e. The van der Waals surface area contributed by atoms with Gasteiger partial charge in [-0.2, -0.15) is 11.8 Å². The topological polar surface area (TPSA) is 249 Å². The molecule has 0 saturated carbocycles. The van der Waals surface area contributed by atoms with E-state index in [2.05, 4.69) is 15.6 Å². The van der Waals surface area contributed by atoms with E-state index in [1.165, 1.54) is 16.7 Å². The lowest BCUT2D eigenvalue weighted by molar-refractivity contribution is -0.146. The number of rotatable bonds is 15. The highest BCUT2D eigenvalue weighted by molar-refractivity contribution is 7.98. The third-order valence-electron chi connectivity index (χ3n) is 5.39. The molecular formula is C20H36N8O6S. The van der Waals surface area contributed by atoms with Crippen molar-refractivity contribution in [2.45, 2.75) is 62.7 Å². The average Bonchev–Trinajstić information content (AvgIpc) is 3.27. The summed E-state index contributed by atoms with van der Waals surface area (Å²) in [5.41, 5.74) is 21.6. The minimum atomic E-state index is -1.51. The fourth-order valence-corrected chi connectivity index (χ4v) is 4.08. The number of nitrogens with one attached hydrogen (secondary N) is 2. The number of thioether (sulfide) groups is 1. The van der Waals surface area contributed by atoms with Gasteiger partial charge in [0.1, 0.15) is 18.1 Å². The Morgan fingerprint density at radius 2 is 1.80 bits per heavy atom. The molecule has 15 heteroatoms. The van der Waals surface area contributed by atoms with Crippen LogP contribution in [-0.2, 0) is 24.0 Å². The molecule has 0 spiro atoms. The summed E-state index contributed by atoms with van der Waals surface area (Å²) in [5.74, 6) is -3.45. The van der Waals surface area contributed by atoms with Gasteiger partial charge >= 0.3 is 5.97 Å². The van der Waals surface area contributed by atoms with Crippen LogP contribution in [0.4, 0.5) is 0 Å². The van der Waals surface area contributed by atoms with Crippen molar-refractivity contribution in [3.63, 3.8) is 0 Å². The average molecular weight is 517 g/mol. The molecule has 1 heterocycles. The summed E-state index contributed by atoms with van der Waals surface area (Å²) in [6, 6.07) is -4.26. The van der Waals surface area contributed by atoms with E-state index in [1.807, 2.05) is 6.26 Å². The smallest absolute Gasteiger partial charge is 0.326 e. The van der Waals surface area contributed by atoms with Crippen molar-refractivity contribution in [3.05, 3.63) is 0 Å². The van der Waals surface area contributed by atoms with Gasteiger partial charge in [0.05, 0.1) is 12.5 Å². The Morgan fingerprint density at radius 1 is 1.11 bits per heavy atom. The summed E-state index contributed by atoms with van der Waals surface area (Å²) in [6.07, 6.45) is 3.09. The number of carbonyl (C=O) groups excluding carboxylic acids is 4. The number of hydrogen-bond donors (Lipinski definition) is 7. The van der Waals surface area contributed by atoms with E-state index in [4.69, 9.17) is 22.9 Å². The molecule has 1 saturated heterocycles. The van der Waals surface area contributed by atoms with Crippen LogP contribution < -0.4 is 33.6 Å². The number of nitrogens with zero attached hydrogens (tertiary/aromatic N) is 2. The van der Waals surface area contributed by atoms with Crippen LogP contribution in [0.15, 0.2) is 4.99 Å². The van der Waals surface area contributed by atoms with Crippen LogP contribution in [0.1, 0.15) is 38.5 Å². The molecular weight excluding hydrogens is 480 g/mol. The number of carbonyl (C=O) groups is 5. The zero-order chi connectivity index (χ0) is 26.5. The first-order valence-electron chi connectivity index (χ1n) is 11.2. The molecule has 0 radical (unpaired) electrons. The second kappa shape index (κ2) is 15.0. The van der Waals surface area contributed by atoms with Crippen LogP contribution in [0.25, 0.3) is 0 Å². The third kappa shape index (κ3) is 10.4. The quantitative estimate of drug-likeness (QED) is 0.0661. The van der Waals surface area contributed by atoms with Gasteiger partial charge in [-0.05, 0) is 44.1 Å². The normalized spacial score (nSPS) is 17.7. The van der Waals surface area contributed by atoms with Crippen molar-refractivity contribution < 1.29 is 29.1 Å². The number of likely N-dealkylation sites (tertiary alicyclic amines) is 1. The predicted molar refractivity (Wildman–Crippen MR) is 131 cm³/mol. The van der Waals surface area contributed by atoms with Crippen LogP contribution in [0, 0.1) is 0 Å². The molecule has 0 aromatic rings. The number of aliphatic carboxylic acids is 1. The summed E-state index contributed by atoms with van der Waals surface area (Å²) in [7, 11) is 0. The second-order valence-corrected chi connectivity index (χ2v) is 9.14. The number of guanidine groups is 1. The van der Waals surface area contributed by atoms with Gasteiger partial charge in [0.15, 0.2) is 5.96 Å². The van der Waals surface area contributed by atoms with Gasteiger partial charge in [0.2, 0.25) is 23.6 Å². The molecule has 1 aliphatic heterocycles. The number of carboxylic acid groups (broad SMARTS) is 1. The zero-order valence-corrected chi connectivity index (χ0v) is 20.6. The molecule has 0 bridgehead atoms. The highest BCUT2D eigenvalue weighted by atomic mass is 32.2. The number of hydrogen-bond acceptors (Lipinski definition) is 8. The minimum Gasteiger partial charge on any atom is -0.480 e. The van der Waals surface area contributed by atoms with E-state index in [1.54, 1.807) is 0 Å². The van der Waals surface area contributed by atoms with Crippen molar-refractivity contribution in [3.8, 4) is 0 Å². The summed E-state index contributed by atoms with van der Waals surface area (Å²) in [4.78, 5) is 66.4. The molecule has 4 atom stereocenters. The Morgan fingerprint density at radius 3 is 2.37 bits per heavy atom. The van der Waals surface area contributed by atoms with Gasteiger partial charge in [0.25, 0.3) is 0 Å². The number of carboxylic acids is 1. The van der Waals surface area contributed by atoms with E-state index in [9.17, 15) is 29.1 Å². The van der Waals surface area contributed by atoms with Crippen molar-refractivity contribution in [1.29, 1.82) is 0 Å². The van der Waals surface area contributed by atoms with Crippen LogP contribution in [0.2, 0.25) is 0 Å². The lowest BCUT2D eigenvalue weighted by Gasteiger charge is -2.30. The zero-order valence-electron chi connectivity index (χ0n) is 19.8. The molecule has 0 aromatic heterocycles. The highest BCUT2D eigenvalue weighted by Gasteiger charge is 2.39. The lowest BCUT2D eigenvalue weighted by Crippen LogP contribution is -2.57. The lowest BCUT2D eigenvalue weighted by atomic mass is 10.1. The first kappa shape index (κ1) is 30.0. The van der Waals surface area contributed by atoms with Gasteiger partial charge < -0.3 is 43.6 Å². The maximum Gasteiger partial charge on any atom is 0.326 e. The van der Waals surface area contributed by atoms with Crippen LogP contribution >= 0.6 is 11.8 Å². The van der Waals surface area contributed by atoms with E-state index >= 15 is 0 Å². The van der Waals surface area contributed by atoms with Gasteiger partial charge in [-0.15, -0.1) is 0 Å². The molecule has 1 fully saturated rings. The first-order chi connectivity index (χ1) is 16.5. The van der Waals surface area contributed by atoms with Gasteiger partial charge in [0, 0.05) is 13.1 Å². The predicted octanol–water partition coefficient (Wildman–Crippen LogP) is -2.96. The molecule has 198 valence electrons. The second-order valence-electron chi connectivity index (χ2n) is 8.16. The summed E-state index contributed by atoms with van der Waals surface area (Å²) >= 11 is 1.54. The molecule has 1 rings (SSSR count). The standard InChI is InChI=1S/C20H36N8O6S/c1-35-9-6-11(21)16(30)26-12(4-2-7-25-20(23)24)18(32)28-8-3-5-14(28)17(31)27-13(19(33)34)10-15(22)29/h11-14H,2-10,21H2,1H3,(H2,22,29)(H,26,30)(H,27,31)(H,33,34)(H4,23,24,25). The number of nitrogens with two attached hydrogens (primary N) is 4. The Bertz CT molecular complexity index is 806. The van der Waals surface area contributed by atoms with Crippen molar-refractivity contribution in [2.24, 2.45) is 27.9 Å². The number of primary amides is 1. The minimum absolute atomic E-state index is 0.101. The molecule has 11 N–H and O–H groups in total. The monoisotopic (exact) mass is 516 g/mol. The van der Waals surface area contributed by atoms with Crippen molar-refractivity contribution in [1.82, 2.24) is 15.5 Å². The molecule has 0 aliphatic carbocycles. The van der Waals surface area contributed by atoms with Crippen molar-refractivity contribution >= 4 is 47.3 Å². The first-order valence-corrected chi connectivity index (χ1v) is 12.6. The van der Waals surface area contributed by atoms with E-state index < -0.39 is 60.2 Å². The Balaban J connectivity index is 2.97. The fraction of sp³-hybridized carbons (Fsp3) is 0.700. The maximum atomic E-state index is 13.4. The van der Waals surface area contributed by atoms with Gasteiger partial charge in [-0.3, -0.25) is 24.2 Å². The van der Waals surface area contributed by atoms with Crippen LogP contribution in [0.3, 0.4) is 0 Å². The highest BCUT2D eigenvalue weighted by Crippen LogP contribution is 2.20. The molecule has 1 aliphatic rings. The Kier molecular flexibility index (Phi) is 12.9. The van der Waals surface area contributed by atoms with E-state index in [0.29, 0.717) is 31.4 Å². The number of amides is 4. The molecule has 14 nitrogen and oxygen atoms in total. The van der Waals surface area contributed by atoms with E-state index in [0.717, 1.165) is 0 Å². The Labute approximate surface area is 208 Å².